The molecule has 0 spiro atoms. The molecule has 0 aliphatic rings. The van der Waals surface area contributed by atoms with Gasteiger partial charge in [0.25, 0.3) is 0 Å². The molecule has 0 fully saturated rings. The molecule has 0 aromatic heterocycles. The fourth-order valence-electron chi connectivity index (χ4n) is 2.89. The summed E-state index contributed by atoms with van der Waals surface area (Å²) in [6, 6.07) is 30.9. The molecule has 1 N–H and O–H groups in total. The first kappa shape index (κ1) is 16.4. The highest BCUT2D eigenvalue weighted by Gasteiger charge is 2.26. The summed E-state index contributed by atoms with van der Waals surface area (Å²) in [4.78, 5) is 0. The maximum atomic E-state index is 9.69. The summed E-state index contributed by atoms with van der Waals surface area (Å²) in [6.45, 7) is 2.15. The first-order valence-corrected chi connectivity index (χ1v) is 9.39. The minimum atomic E-state index is -0.672. The van der Waals surface area contributed by atoms with Crippen molar-refractivity contribution in [1.29, 1.82) is 0 Å². The van der Waals surface area contributed by atoms with Crippen LogP contribution in [0.15, 0.2) is 96.2 Å². The van der Waals surface area contributed by atoms with Crippen molar-refractivity contribution in [3.8, 4) is 0 Å². The molecular weight excluding hydrogens is 313 g/mol. The van der Waals surface area contributed by atoms with E-state index >= 15 is 0 Å². The topological polar surface area (TPSA) is 32.6 Å². The van der Waals surface area contributed by atoms with Gasteiger partial charge in [0, 0.05) is 5.66 Å². The molecule has 1 unspecified atom stereocenters. The molecule has 0 radical (unpaired) electrons. The largest absolute Gasteiger partial charge is 0.411 e. The van der Waals surface area contributed by atoms with Crippen LogP contribution in [0.3, 0.4) is 0 Å². The molecule has 0 saturated carbocycles. The van der Waals surface area contributed by atoms with E-state index in [0.29, 0.717) is 0 Å². The van der Waals surface area contributed by atoms with Crippen LogP contribution >= 0.6 is 7.92 Å². The van der Waals surface area contributed by atoms with Crippen LogP contribution in [0.1, 0.15) is 12.5 Å². The molecule has 3 rings (SSSR count). The van der Waals surface area contributed by atoms with Crippen molar-refractivity contribution in [1.82, 2.24) is 0 Å². The summed E-state index contributed by atoms with van der Waals surface area (Å²) in [5.74, 6) is 0. The molecule has 1 atom stereocenters. The van der Waals surface area contributed by atoms with Gasteiger partial charge in [-0.1, -0.05) is 103 Å². The van der Waals surface area contributed by atoms with Gasteiger partial charge in [0.1, 0.15) is 0 Å². The third kappa shape index (κ3) is 3.55. The molecule has 3 aromatic carbocycles. The third-order valence-corrected chi connectivity index (χ3v) is 6.76. The molecular formula is C21H20NOP. The second kappa shape index (κ2) is 7.90. The average Bonchev–Trinajstić information content (AvgIpc) is 2.65. The van der Waals surface area contributed by atoms with Gasteiger partial charge in [-0.15, -0.1) is 0 Å². The molecule has 0 aliphatic heterocycles. The van der Waals surface area contributed by atoms with E-state index in [1.807, 2.05) is 42.5 Å². The second-order valence-electron chi connectivity index (χ2n) is 5.57. The van der Waals surface area contributed by atoms with E-state index in [2.05, 4.69) is 60.6 Å². The summed E-state index contributed by atoms with van der Waals surface area (Å²) in [5.41, 5.74) is 1.79. The first-order valence-electron chi connectivity index (χ1n) is 7.98. The summed E-state index contributed by atoms with van der Waals surface area (Å²) >= 11 is 0. The standard InChI is InChI=1S/C21H20NOP/c1-17(21(22-23)18-11-5-2-6-12-18)24(19-13-7-3-8-14-19)20-15-9-4-10-16-20/h2-17,23H,1H3. The molecule has 3 heteroatoms. The van der Waals surface area contributed by atoms with Gasteiger partial charge in [-0.25, -0.2) is 0 Å². The maximum absolute atomic E-state index is 9.69. The molecule has 120 valence electrons. The van der Waals surface area contributed by atoms with Gasteiger partial charge >= 0.3 is 0 Å². The Hall–Kier alpha value is -2.44. The van der Waals surface area contributed by atoms with Gasteiger partial charge in [0.05, 0.1) is 5.71 Å². The van der Waals surface area contributed by atoms with E-state index in [1.165, 1.54) is 10.6 Å². The van der Waals surface area contributed by atoms with E-state index in [4.69, 9.17) is 0 Å². The molecule has 0 amide bonds. The van der Waals surface area contributed by atoms with Crippen LogP contribution in [0.4, 0.5) is 0 Å². The van der Waals surface area contributed by atoms with E-state index in [-0.39, 0.29) is 5.66 Å². The Morgan fingerprint density at radius 2 is 1.17 bits per heavy atom. The van der Waals surface area contributed by atoms with Gasteiger partial charge in [0.2, 0.25) is 0 Å². The van der Waals surface area contributed by atoms with Crippen LogP contribution < -0.4 is 10.6 Å². The first-order chi connectivity index (χ1) is 11.8. The van der Waals surface area contributed by atoms with Crippen molar-refractivity contribution in [2.24, 2.45) is 5.16 Å². The molecule has 0 aliphatic carbocycles. The molecule has 3 aromatic rings. The molecule has 0 saturated heterocycles. The predicted octanol–water partition coefficient (Wildman–Crippen LogP) is 4.39. The third-order valence-electron chi connectivity index (χ3n) is 4.03. The Kier molecular flexibility index (Phi) is 5.40. The zero-order valence-electron chi connectivity index (χ0n) is 13.6. The average molecular weight is 333 g/mol. The Morgan fingerprint density at radius 1 is 0.750 bits per heavy atom. The maximum Gasteiger partial charge on any atom is 0.0944 e. The molecule has 0 heterocycles. The highest BCUT2D eigenvalue weighted by Crippen LogP contribution is 2.40. The summed E-state index contributed by atoms with van der Waals surface area (Å²) in [6.07, 6.45) is 0. The molecule has 2 nitrogen and oxygen atoms in total. The van der Waals surface area contributed by atoms with Crippen molar-refractivity contribution in [3.05, 3.63) is 96.6 Å². The number of rotatable bonds is 5. The van der Waals surface area contributed by atoms with Crippen LogP contribution in [0, 0.1) is 0 Å². The van der Waals surface area contributed by atoms with Crippen molar-refractivity contribution in [2.45, 2.75) is 12.6 Å². The summed E-state index contributed by atoms with van der Waals surface area (Å²) < 4.78 is 0. The zero-order valence-corrected chi connectivity index (χ0v) is 14.5. The lowest BCUT2D eigenvalue weighted by Crippen LogP contribution is -2.27. The lowest BCUT2D eigenvalue weighted by Gasteiger charge is -2.26. The molecule has 24 heavy (non-hydrogen) atoms. The van der Waals surface area contributed by atoms with E-state index < -0.39 is 7.92 Å². The van der Waals surface area contributed by atoms with E-state index in [1.54, 1.807) is 0 Å². The Labute approximate surface area is 144 Å². The Morgan fingerprint density at radius 3 is 1.58 bits per heavy atom. The number of hydrogen-bond donors (Lipinski definition) is 1. The second-order valence-corrected chi connectivity index (χ2v) is 8.12. The van der Waals surface area contributed by atoms with Gasteiger partial charge < -0.3 is 5.21 Å². The predicted molar refractivity (Wildman–Crippen MR) is 103 cm³/mol. The highest BCUT2D eigenvalue weighted by atomic mass is 31.1. The lowest BCUT2D eigenvalue weighted by atomic mass is 10.1. The number of hydrogen-bond acceptors (Lipinski definition) is 2. The quantitative estimate of drug-likeness (QED) is 0.319. The van der Waals surface area contributed by atoms with E-state index in [9.17, 15) is 5.21 Å². The smallest absolute Gasteiger partial charge is 0.0944 e. The normalized spacial score (nSPS) is 13.0. The SMILES string of the molecule is CC(C(=NO)c1ccccc1)P(c1ccccc1)c1ccccc1. The highest BCUT2D eigenvalue weighted by molar-refractivity contribution is 7.74. The van der Waals surface area contributed by atoms with Gasteiger partial charge in [-0.05, 0) is 24.1 Å². The number of oxime groups is 1. The van der Waals surface area contributed by atoms with Crippen molar-refractivity contribution >= 4 is 24.2 Å². The monoisotopic (exact) mass is 333 g/mol. The summed E-state index contributed by atoms with van der Waals surface area (Å²) in [5, 5.41) is 15.9. The van der Waals surface area contributed by atoms with Crippen molar-refractivity contribution < 1.29 is 5.21 Å². The van der Waals surface area contributed by atoms with Crippen LogP contribution in [0.5, 0.6) is 0 Å². The molecule has 0 bridgehead atoms. The van der Waals surface area contributed by atoms with Gasteiger partial charge in [-0.3, -0.25) is 0 Å². The Balaban J connectivity index is 2.05. The number of nitrogens with zero attached hydrogens (tertiary/aromatic N) is 1. The van der Waals surface area contributed by atoms with Crippen molar-refractivity contribution in [2.75, 3.05) is 0 Å². The van der Waals surface area contributed by atoms with Gasteiger partial charge in [0.15, 0.2) is 0 Å². The van der Waals surface area contributed by atoms with Crippen LogP contribution in [-0.2, 0) is 0 Å². The minimum Gasteiger partial charge on any atom is -0.411 e. The van der Waals surface area contributed by atoms with Crippen LogP contribution in [-0.4, -0.2) is 16.6 Å². The van der Waals surface area contributed by atoms with Crippen molar-refractivity contribution in [3.63, 3.8) is 0 Å². The number of benzene rings is 3. The fourth-order valence-corrected chi connectivity index (χ4v) is 5.51. The van der Waals surface area contributed by atoms with Gasteiger partial charge in [-0.2, -0.15) is 0 Å². The zero-order chi connectivity index (χ0) is 16.8. The van der Waals surface area contributed by atoms with Crippen LogP contribution in [0.25, 0.3) is 0 Å². The summed E-state index contributed by atoms with van der Waals surface area (Å²) in [7, 11) is -0.672. The lowest BCUT2D eigenvalue weighted by molar-refractivity contribution is 0.318. The fraction of sp³-hybridized carbons (Fsp3) is 0.0952. The Bertz CT molecular complexity index is 748. The van der Waals surface area contributed by atoms with Crippen LogP contribution in [0.2, 0.25) is 0 Å². The minimum absolute atomic E-state index is 0.0946. The van der Waals surface area contributed by atoms with E-state index in [0.717, 1.165) is 11.3 Å².